The summed E-state index contributed by atoms with van der Waals surface area (Å²) < 4.78 is 46.0. The van der Waals surface area contributed by atoms with E-state index in [1.807, 2.05) is 38.1 Å². The maximum Gasteiger partial charge on any atom is 0.411 e. The topological polar surface area (TPSA) is 54.9 Å². The summed E-state index contributed by atoms with van der Waals surface area (Å²) in [5.41, 5.74) is 0.968. The molecular formula is C17H26F3N3O2. The van der Waals surface area contributed by atoms with Gasteiger partial charge in [-0.05, 0) is 26.3 Å². The Morgan fingerprint density at radius 2 is 1.92 bits per heavy atom. The number of benzene rings is 1. The van der Waals surface area contributed by atoms with Crippen molar-refractivity contribution in [3.05, 3.63) is 29.8 Å². The van der Waals surface area contributed by atoms with Crippen molar-refractivity contribution in [2.45, 2.75) is 33.0 Å². The molecule has 0 aliphatic heterocycles. The predicted molar refractivity (Wildman–Crippen MR) is 91.9 cm³/mol. The van der Waals surface area contributed by atoms with Crippen LogP contribution in [-0.4, -0.2) is 45.0 Å². The maximum atomic E-state index is 12.0. The summed E-state index contributed by atoms with van der Waals surface area (Å²) >= 11 is 0. The number of para-hydroxylation sites is 1. The van der Waals surface area contributed by atoms with Crippen LogP contribution in [0.15, 0.2) is 29.3 Å². The third kappa shape index (κ3) is 9.81. The lowest BCUT2D eigenvalue weighted by Gasteiger charge is -2.13. The molecule has 0 unspecified atom stereocenters. The number of nitrogens with one attached hydrogen (secondary N) is 2. The van der Waals surface area contributed by atoms with Gasteiger partial charge in [0.05, 0.1) is 13.2 Å². The summed E-state index contributed by atoms with van der Waals surface area (Å²) in [6.45, 7) is 4.87. The second-order valence-corrected chi connectivity index (χ2v) is 5.18. The summed E-state index contributed by atoms with van der Waals surface area (Å²) in [6.07, 6.45) is -3.83. The van der Waals surface area contributed by atoms with E-state index in [0.717, 1.165) is 11.3 Å². The Balaban J connectivity index is 2.44. The zero-order valence-electron chi connectivity index (χ0n) is 14.7. The molecule has 0 aromatic heterocycles. The number of guanidine groups is 1. The maximum absolute atomic E-state index is 12.0. The van der Waals surface area contributed by atoms with Crippen molar-refractivity contribution in [1.29, 1.82) is 0 Å². The van der Waals surface area contributed by atoms with Gasteiger partial charge in [-0.25, -0.2) is 4.99 Å². The lowest BCUT2D eigenvalue weighted by Crippen LogP contribution is -2.38. The number of rotatable bonds is 10. The molecule has 0 radical (unpaired) electrons. The van der Waals surface area contributed by atoms with Gasteiger partial charge in [-0.15, -0.1) is 0 Å². The molecule has 25 heavy (non-hydrogen) atoms. The first-order valence-electron chi connectivity index (χ1n) is 8.33. The third-order valence-corrected chi connectivity index (χ3v) is 3.05. The molecule has 1 aromatic carbocycles. The highest BCUT2D eigenvalue weighted by molar-refractivity contribution is 5.79. The van der Waals surface area contributed by atoms with Crippen molar-refractivity contribution < 1.29 is 22.6 Å². The minimum absolute atomic E-state index is 0.0408. The molecule has 0 amide bonds. The summed E-state index contributed by atoms with van der Waals surface area (Å²) in [5, 5.41) is 6.17. The highest BCUT2D eigenvalue weighted by Gasteiger charge is 2.27. The van der Waals surface area contributed by atoms with Gasteiger partial charge < -0.3 is 20.1 Å². The van der Waals surface area contributed by atoms with Crippen LogP contribution >= 0.6 is 0 Å². The van der Waals surface area contributed by atoms with E-state index in [-0.39, 0.29) is 6.61 Å². The number of aliphatic imine (C=N–C) groups is 1. The molecule has 1 rings (SSSR count). The van der Waals surface area contributed by atoms with E-state index in [9.17, 15) is 13.2 Å². The number of nitrogens with zero attached hydrogens (tertiary/aromatic N) is 1. The highest BCUT2D eigenvalue weighted by Crippen LogP contribution is 2.18. The molecule has 2 N–H and O–H groups in total. The minimum atomic E-state index is -4.28. The second-order valence-electron chi connectivity index (χ2n) is 5.18. The fraction of sp³-hybridized carbons (Fsp3) is 0.588. The Morgan fingerprint density at radius 1 is 1.16 bits per heavy atom. The summed E-state index contributed by atoms with van der Waals surface area (Å²) in [6, 6.07) is 7.67. The van der Waals surface area contributed by atoms with Crippen molar-refractivity contribution in [2.75, 3.05) is 32.9 Å². The summed E-state index contributed by atoms with van der Waals surface area (Å²) in [5.74, 6) is 1.40. The molecule has 0 bridgehead atoms. The molecule has 0 spiro atoms. The fourth-order valence-electron chi connectivity index (χ4n) is 2.01. The number of hydrogen-bond donors (Lipinski definition) is 2. The SMILES string of the molecule is CCNC(=NCc1ccccc1OCC)NCCCOCC(F)(F)F. The Hall–Kier alpha value is -1.96. The van der Waals surface area contributed by atoms with Crippen LogP contribution in [-0.2, 0) is 11.3 Å². The van der Waals surface area contributed by atoms with Crippen molar-refractivity contribution in [2.24, 2.45) is 4.99 Å². The molecule has 0 heterocycles. The van der Waals surface area contributed by atoms with E-state index in [4.69, 9.17) is 4.74 Å². The van der Waals surface area contributed by atoms with Crippen LogP contribution in [0.2, 0.25) is 0 Å². The normalized spacial score (nSPS) is 12.1. The van der Waals surface area contributed by atoms with Crippen LogP contribution < -0.4 is 15.4 Å². The average Bonchev–Trinajstić information content (AvgIpc) is 2.56. The Kier molecular flexibility index (Phi) is 9.76. The first kappa shape index (κ1) is 21.1. The molecule has 0 atom stereocenters. The molecule has 142 valence electrons. The zero-order chi connectivity index (χ0) is 18.5. The third-order valence-electron chi connectivity index (χ3n) is 3.05. The van der Waals surface area contributed by atoms with Gasteiger partial charge >= 0.3 is 6.18 Å². The standard InChI is InChI=1S/C17H26F3N3O2/c1-3-21-16(22-10-7-11-24-13-17(18,19)20)23-12-14-8-5-6-9-15(14)25-4-2/h5-6,8-9H,3-4,7,10-13H2,1-2H3,(H2,21,22,23). The van der Waals surface area contributed by atoms with Gasteiger partial charge in [-0.2, -0.15) is 13.2 Å². The van der Waals surface area contributed by atoms with Crippen molar-refractivity contribution >= 4 is 5.96 Å². The van der Waals surface area contributed by atoms with Crippen LogP contribution in [0.4, 0.5) is 13.2 Å². The number of ether oxygens (including phenoxy) is 2. The average molecular weight is 361 g/mol. The largest absolute Gasteiger partial charge is 0.494 e. The second kappa shape index (κ2) is 11.6. The molecule has 0 aliphatic rings. The zero-order valence-corrected chi connectivity index (χ0v) is 14.7. The van der Waals surface area contributed by atoms with E-state index >= 15 is 0 Å². The quantitative estimate of drug-likeness (QED) is 0.382. The van der Waals surface area contributed by atoms with Gasteiger partial charge in [0, 0.05) is 25.3 Å². The van der Waals surface area contributed by atoms with E-state index < -0.39 is 12.8 Å². The van der Waals surface area contributed by atoms with E-state index in [1.165, 1.54) is 0 Å². The van der Waals surface area contributed by atoms with Gasteiger partial charge in [-0.1, -0.05) is 18.2 Å². The Bertz CT molecular complexity index is 522. The van der Waals surface area contributed by atoms with E-state index in [2.05, 4.69) is 20.4 Å². The Labute approximate surface area is 146 Å². The minimum Gasteiger partial charge on any atom is -0.494 e. The van der Waals surface area contributed by atoms with Crippen LogP contribution in [0.1, 0.15) is 25.8 Å². The first-order chi connectivity index (χ1) is 12.0. The van der Waals surface area contributed by atoms with Gasteiger partial charge in [0.25, 0.3) is 0 Å². The van der Waals surface area contributed by atoms with Gasteiger partial charge in [-0.3, -0.25) is 0 Å². The molecule has 8 heteroatoms. The smallest absolute Gasteiger partial charge is 0.411 e. The van der Waals surface area contributed by atoms with Crippen LogP contribution in [0, 0.1) is 0 Å². The number of halogens is 3. The number of hydrogen-bond acceptors (Lipinski definition) is 3. The summed E-state index contributed by atoms with van der Waals surface area (Å²) in [7, 11) is 0. The van der Waals surface area contributed by atoms with Gasteiger partial charge in [0.15, 0.2) is 5.96 Å². The number of alkyl halides is 3. The molecule has 1 aromatic rings. The highest BCUT2D eigenvalue weighted by atomic mass is 19.4. The molecule has 0 aliphatic carbocycles. The fourth-order valence-corrected chi connectivity index (χ4v) is 2.01. The van der Waals surface area contributed by atoms with E-state index in [0.29, 0.717) is 38.6 Å². The first-order valence-corrected chi connectivity index (χ1v) is 8.33. The van der Waals surface area contributed by atoms with Crippen molar-refractivity contribution in [3.8, 4) is 5.75 Å². The van der Waals surface area contributed by atoms with Crippen LogP contribution in [0.3, 0.4) is 0 Å². The van der Waals surface area contributed by atoms with Gasteiger partial charge in [0.2, 0.25) is 0 Å². The monoisotopic (exact) mass is 361 g/mol. The lowest BCUT2D eigenvalue weighted by molar-refractivity contribution is -0.173. The Morgan fingerprint density at radius 3 is 2.60 bits per heavy atom. The van der Waals surface area contributed by atoms with Crippen LogP contribution in [0.25, 0.3) is 0 Å². The van der Waals surface area contributed by atoms with Crippen molar-refractivity contribution in [1.82, 2.24) is 10.6 Å². The summed E-state index contributed by atoms with van der Waals surface area (Å²) in [4.78, 5) is 4.48. The predicted octanol–water partition coefficient (Wildman–Crippen LogP) is 3.11. The van der Waals surface area contributed by atoms with E-state index in [1.54, 1.807) is 0 Å². The molecular weight excluding hydrogens is 335 g/mol. The molecule has 5 nitrogen and oxygen atoms in total. The molecule has 0 fully saturated rings. The lowest BCUT2D eigenvalue weighted by atomic mass is 10.2. The van der Waals surface area contributed by atoms with Crippen molar-refractivity contribution in [3.63, 3.8) is 0 Å². The van der Waals surface area contributed by atoms with Gasteiger partial charge in [0.1, 0.15) is 12.4 Å². The van der Waals surface area contributed by atoms with Crippen LogP contribution in [0.5, 0.6) is 5.75 Å². The molecule has 0 saturated carbocycles. The molecule has 0 saturated heterocycles.